The number of fused-ring (bicyclic) bond motifs is 1. The summed E-state index contributed by atoms with van der Waals surface area (Å²) >= 11 is 0. The summed E-state index contributed by atoms with van der Waals surface area (Å²) in [6.45, 7) is 8.75. The first kappa shape index (κ1) is 24.3. The van der Waals surface area contributed by atoms with Crippen molar-refractivity contribution in [3.8, 4) is 11.4 Å². The number of hydrogen-bond donors (Lipinski definition) is 1. The second-order valence-electron chi connectivity index (χ2n) is 10.3. The van der Waals surface area contributed by atoms with Gasteiger partial charge in [0.15, 0.2) is 5.69 Å². The molecule has 1 aromatic heterocycles. The number of hydrogen-bond acceptors (Lipinski definition) is 6. The van der Waals surface area contributed by atoms with Crippen molar-refractivity contribution < 1.29 is 19.2 Å². The van der Waals surface area contributed by atoms with Gasteiger partial charge in [-0.3, -0.25) is 4.79 Å². The molecule has 0 spiro atoms. The van der Waals surface area contributed by atoms with Crippen LogP contribution in [0.3, 0.4) is 0 Å². The fourth-order valence-electron chi connectivity index (χ4n) is 4.81. The van der Waals surface area contributed by atoms with Crippen molar-refractivity contribution in [3.63, 3.8) is 0 Å². The summed E-state index contributed by atoms with van der Waals surface area (Å²) in [4.78, 5) is 35.8. The van der Waals surface area contributed by atoms with Crippen LogP contribution in [0.2, 0.25) is 0 Å². The van der Waals surface area contributed by atoms with Crippen LogP contribution >= 0.6 is 0 Å². The van der Waals surface area contributed by atoms with E-state index in [-0.39, 0.29) is 18.5 Å². The van der Waals surface area contributed by atoms with Gasteiger partial charge in [-0.25, -0.2) is 9.78 Å². The molecule has 1 N–H and O–H groups in total. The van der Waals surface area contributed by atoms with Crippen LogP contribution in [0.25, 0.3) is 11.4 Å². The van der Waals surface area contributed by atoms with Gasteiger partial charge in [0.1, 0.15) is 11.4 Å². The lowest BCUT2D eigenvalue weighted by Crippen LogP contribution is -2.41. The molecular weight excluding hydrogens is 432 g/mol. The van der Waals surface area contributed by atoms with Crippen molar-refractivity contribution in [1.29, 1.82) is 0 Å². The van der Waals surface area contributed by atoms with Crippen molar-refractivity contribution in [2.24, 2.45) is 5.92 Å². The number of rotatable bonds is 5. The highest BCUT2D eigenvalue weighted by atomic mass is 16.8. The zero-order chi connectivity index (χ0) is 24.3. The summed E-state index contributed by atoms with van der Waals surface area (Å²) in [7, 11) is 0. The van der Waals surface area contributed by atoms with Gasteiger partial charge in [-0.05, 0) is 46.5 Å². The molecule has 0 bridgehead atoms. The van der Waals surface area contributed by atoms with Gasteiger partial charge >= 0.3 is 6.16 Å². The molecule has 1 amide bonds. The maximum atomic E-state index is 13.4. The quantitative estimate of drug-likeness (QED) is 0.626. The minimum absolute atomic E-state index is 0.0861. The van der Waals surface area contributed by atoms with Gasteiger partial charge in [0.25, 0.3) is 5.91 Å². The Hall–Kier alpha value is -2.87. The fraction of sp³-hybridized carbons (Fsp3) is 0.577. The maximum Gasteiger partial charge on any atom is 0.528 e. The molecule has 8 nitrogen and oxygen atoms in total. The standard InChI is InChI=1S/C26H36N4O4/c1-18(19-11-7-5-8-12-19)27-24(31)22-21-17-29(34-25(32)33-26(2,3)4)15-16-30(21)23(28-22)20-13-9-6-10-14-20/h6,9-10,13-14,18-19H,5,7-8,11-12,15-17H2,1-4H3,(H,27,31)/t18-/m1/s1. The molecule has 1 fully saturated rings. The molecule has 34 heavy (non-hydrogen) atoms. The zero-order valence-electron chi connectivity index (χ0n) is 20.7. The number of carbonyl (C=O) groups excluding carboxylic acids is 2. The van der Waals surface area contributed by atoms with Gasteiger partial charge in [-0.2, -0.15) is 0 Å². The number of hydroxylamine groups is 2. The van der Waals surface area contributed by atoms with E-state index in [0.29, 0.717) is 24.7 Å². The predicted molar refractivity (Wildman–Crippen MR) is 129 cm³/mol. The summed E-state index contributed by atoms with van der Waals surface area (Å²) in [6.07, 6.45) is 5.27. The third kappa shape index (κ3) is 5.78. The van der Waals surface area contributed by atoms with Crippen molar-refractivity contribution in [2.75, 3.05) is 6.54 Å². The average molecular weight is 469 g/mol. The normalized spacial score (nSPS) is 18.1. The first-order valence-electron chi connectivity index (χ1n) is 12.3. The highest BCUT2D eigenvalue weighted by molar-refractivity contribution is 5.94. The predicted octanol–water partition coefficient (Wildman–Crippen LogP) is 4.93. The van der Waals surface area contributed by atoms with Crippen molar-refractivity contribution in [2.45, 2.75) is 84.5 Å². The molecular formula is C26H36N4O4. The molecule has 0 unspecified atom stereocenters. The first-order chi connectivity index (χ1) is 16.2. The SMILES string of the molecule is C[C@@H](NC(=O)c1nc(-c2ccccc2)n2c1CN(OC(=O)OC(C)(C)C)CC2)C1CCCCC1. The van der Waals surface area contributed by atoms with E-state index in [0.717, 1.165) is 29.9 Å². The van der Waals surface area contributed by atoms with Crippen LogP contribution in [0.1, 0.15) is 76.0 Å². The van der Waals surface area contributed by atoms with E-state index in [9.17, 15) is 9.59 Å². The number of nitrogens with one attached hydrogen (secondary N) is 1. The minimum atomic E-state index is -0.749. The van der Waals surface area contributed by atoms with Crippen molar-refractivity contribution >= 4 is 12.1 Å². The van der Waals surface area contributed by atoms with Gasteiger partial charge in [-0.1, -0.05) is 49.6 Å². The minimum Gasteiger partial charge on any atom is -0.427 e. The Morgan fingerprint density at radius 3 is 2.47 bits per heavy atom. The van der Waals surface area contributed by atoms with E-state index in [1.807, 2.05) is 30.3 Å². The van der Waals surface area contributed by atoms with Crippen molar-refractivity contribution in [3.05, 3.63) is 41.7 Å². The molecule has 2 aromatic rings. The summed E-state index contributed by atoms with van der Waals surface area (Å²) in [5.74, 6) is 1.07. The fourth-order valence-corrected chi connectivity index (χ4v) is 4.81. The number of amides is 1. The highest BCUT2D eigenvalue weighted by Crippen LogP contribution is 2.29. The van der Waals surface area contributed by atoms with Crippen LogP contribution < -0.4 is 5.32 Å². The lowest BCUT2D eigenvalue weighted by atomic mass is 9.84. The summed E-state index contributed by atoms with van der Waals surface area (Å²) in [5, 5.41) is 4.74. The molecule has 0 radical (unpaired) electrons. The van der Waals surface area contributed by atoms with E-state index < -0.39 is 11.8 Å². The zero-order valence-corrected chi connectivity index (χ0v) is 20.7. The maximum absolute atomic E-state index is 13.4. The Kier molecular flexibility index (Phi) is 7.26. The first-order valence-corrected chi connectivity index (χ1v) is 12.3. The molecule has 1 aliphatic heterocycles. The second-order valence-corrected chi connectivity index (χ2v) is 10.3. The second kappa shape index (κ2) is 10.2. The molecule has 2 heterocycles. The Bertz CT molecular complexity index is 1010. The number of imidazole rings is 1. The summed E-state index contributed by atoms with van der Waals surface area (Å²) in [5.41, 5.74) is 1.43. The van der Waals surface area contributed by atoms with Gasteiger partial charge in [-0.15, -0.1) is 5.06 Å². The topological polar surface area (TPSA) is 85.7 Å². The van der Waals surface area contributed by atoms with Crippen LogP contribution in [0.4, 0.5) is 4.79 Å². The summed E-state index contributed by atoms with van der Waals surface area (Å²) < 4.78 is 7.36. The van der Waals surface area contributed by atoms with Crippen LogP contribution in [0.15, 0.2) is 30.3 Å². The lowest BCUT2D eigenvalue weighted by molar-refractivity contribution is -0.155. The lowest BCUT2D eigenvalue weighted by Gasteiger charge is -2.29. The third-order valence-corrected chi connectivity index (χ3v) is 6.53. The Balaban J connectivity index is 1.57. The molecule has 184 valence electrons. The van der Waals surface area contributed by atoms with Gasteiger partial charge in [0.2, 0.25) is 0 Å². The van der Waals surface area contributed by atoms with E-state index in [1.165, 1.54) is 19.3 Å². The highest BCUT2D eigenvalue weighted by Gasteiger charge is 2.32. The number of carbonyl (C=O) groups is 2. The van der Waals surface area contributed by atoms with E-state index in [2.05, 4.69) is 16.8 Å². The molecule has 2 aliphatic rings. The Labute approximate surface area is 201 Å². The van der Waals surface area contributed by atoms with Crippen LogP contribution in [-0.2, 0) is 22.7 Å². The van der Waals surface area contributed by atoms with Crippen molar-refractivity contribution in [1.82, 2.24) is 19.9 Å². The smallest absolute Gasteiger partial charge is 0.427 e. The molecule has 4 rings (SSSR count). The molecule has 0 saturated heterocycles. The molecule has 1 atom stereocenters. The van der Waals surface area contributed by atoms with Crippen LogP contribution in [0.5, 0.6) is 0 Å². The van der Waals surface area contributed by atoms with E-state index >= 15 is 0 Å². The van der Waals surface area contributed by atoms with Gasteiger partial charge in [0.05, 0.1) is 18.8 Å². The molecule has 1 aromatic carbocycles. The average Bonchev–Trinajstić information content (AvgIpc) is 3.18. The Morgan fingerprint density at radius 1 is 1.09 bits per heavy atom. The van der Waals surface area contributed by atoms with Gasteiger partial charge in [0, 0.05) is 18.2 Å². The summed E-state index contributed by atoms with van der Waals surface area (Å²) in [6, 6.07) is 9.95. The largest absolute Gasteiger partial charge is 0.528 e. The van der Waals surface area contributed by atoms with Crippen LogP contribution in [-0.4, -0.2) is 44.9 Å². The van der Waals surface area contributed by atoms with Gasteiger partial charge < -0.3 is 19.5 Å². The molecule has 1 aliphatic carbocycles. The number of benzene rings is 1. The molecule has 1 saturated carbocycles. The Morgan fingerprint density at radius 2 is 1.79 bits per heavy atom. The number of ether oxygens (including phenoxy) is 1. The third-order valence-electron chi connectivity index (χ3n) is 6.53. The van der Waals surface area contributed by atoms with E-state index in [4.69, 9.17) is 14.6 Å². The number of nitrogens with zero attached hydrogens (tertiary/aromatic N) is 3. The number of aromatic nitrogens is 2. The van der Waals surface area contributed by atoms with E-state index in [1.54, 1.807) is 25.8 Å². The molecule has 8 heteroatoms. The monoisotopic (exact) mass is 468 g/mol. The van der Waals surface area contributed by atoms with Crippen LogP contribution in [0, 0.1) is 5.92 Å².